The van der Waals surface area contributed by atoms with E-state index in [9.17, 15) is 4.79 Å². The Bertz CT molecular complexity index is 720. The van der Waals surface area contributed by atoms with Crippen LogP contribution in [0.1, 0.15) is 26.9 Å². The van der Waals surface area contributed by atoms with Gasteiger partial charge in [0.2, 0.25) is 0 Å². The summed E-state index contributed by atoms with van der Waals surface area (Å²) in [5.74, 6) is 0.950. The summed E-state index contributed by atoms with van der Waals surface area (Å²) in [6, 6.07) is 13.1. The number of hydrogen-bond acceptors (Lipinski definition) is 2. The number of nitrogens with zero attached hydrogens (tertiary/aromatic N) is 1. The molecule has 0 bridgehead atoms. The second-order valence-electron chi connectivity index (χ2n) is 5.26. The Morgan fingerprint density at radius 2 is 2.05 bits per heavy atom. The van der Waals surface area contributed by atoms with E-state index in [1.807, 2.05) is 48.2 Å². The lowest BCUT2D eigenvalue weighted by Gasteiger charge is -2.25. The van der Waals surface area contributed by atoms with Gasteiger partial charge in [0.25, 0.3) is 5.91 Å². The fourth-order valence-corrected chi connectivity index (χ4v) is 4.45. The standard InChI is InChI=1S/C17H15Cl2NOS/c1-11-3-2-4-12(9-11)16(21)20-7-8-22-17(20)14-6-5-13(18)10-15(14)19/h2-6,9-10,17H,7-8H2,1H3. The third-order valence-electron chi connectivity index (χ3n) is 3.65. The van der Waals surface area contributed by atoms with Crippen LogP contribution < -0.4 is 0 Å². The van der Waals surface area contributed by atoms with E-state index in [0.717, 1.165) is 29.0 Å². The zero-order valence-electron chi connectivity index (χ0n) is 12.1. The lowest BCUT2D eigenvalue weighted by Crippen LogP contribution is -2.30. The monoisotopic (exact) mass is 351 g/mol. The van der Waals surface area contributed by atoms with Gasteiger partial charge in [-0.25, -0.2) is 0 Å². The number of thioether (sulfide) groups is 1. The molecule has 0 spiro atoms. The predicted octanol–water partition coefficient (Wildman–Crippen LogP) is 5.19. The molecule has 0 aliphatic carbocycles. The summed E-state index contributed by atoms with van der Waals surface area (Å²) in [6.45, 7) is 2.71. The summed E-state index contributed by atoms with van der Waals surface area (Å²) < 4.78 is 0. The third kappa shape index (κ3) is 3.12. The molecule has 1 heterocycles. The molecule has 0 N–H and O–H groups in total. The number of carbonyl (C=O) groups excluding carboxylic acids is 1. The average molecular weight is 352 g/mol. The molecule has 5 heteroatoms. The van der Waals surface area contributed by atoms with Gasteiger partial charge < -0.3 is 4.90 Å². The summed E-state index contributed by atoms with van der Waals surface area (Å²) in [5.41, 5.74) is 2.74. The van der Waals surface area contributed by atoms with Gasteiger partial charge in [0.15, 0.2) is 0 Å². The summed E-state index contributed by atoms with van der Waals surface area (Å²) in [6.07, 6.45) is 0. The minimum Gasteiger partial charge on any atom is -0.322 e. The van der Waals surface area contributed by atoms with E-state index in [0.29, 0.717) is 10.0 Å². The summed E-state index contributed by atoms with van der Waals surface area (Å²) in [4.78, 5) is 14.7. The van der Waals surface area contributed by atoms with E-state index >= 15 is 0 Å². The van der Waals surface area contributed by atoms with E-state index in [1.54, 1.807) is 17.8 Å². The highest BCUT2D eigenvalue weighted by molar-refractivity contribution is 7.99. The summed E-state index contributed by atoms with van der Waals surface area (Å²) >= 11 is 14.0. The molecule has 114 valence electrons. The molecule has 3 rings (SSSR count). The van der Waals surface area contributed by atoms with E-state index < -0.39 is 0 Å². The van der Waals surface area contributed by atoms with Crippen molar-refractivity contribution >= 4 is 40.9 Å². The molecule has 0 aromatic heterocycles. The quantitative estimate of drug-likeness (QED) is 0.741. The molecule has 1 amide bonds. The largest absolute Gasteiger partial charge is 0.322 e. The molecule has 1 aliphatic rings. The second-order valence-corrected chi connectivity index (χ2v) is 7.29. The highest BCUT2D eigenvalue weighted by Gasteiger charge is 2.32. The average Bonchev–Trinajstić information content (AvgIpc) is 2.95. The van der Waals surface area contributed by atoms with Crippen molar-refractivity contribution < 1.29 is 4.79 Å². The number of halogens is 2. The molecule has 1 aliphatic heterocycles. The molecule has 1 atom stereocenters. The van der Waals surface area contributed by atoms with Gasteiger partial charge in [0.05, 0.1) is 0 Å². The number of carbonyl (C=O) groups is 1. The van der Waals surface area contributed by atoms with Gasteiger partial charge in [-0.3, -0.25) is 4.79 Å². The maximum absolute atomic E-state index is 12.8. The van der Waals surface area contributed by atoms with Gasteiger partial charge >= 0.3 is 0 Å². The van der Waals surface area contributed by atoms with Crippen LogP contribution in [0.15, 0.2) is 42.5 Å². The van der Waals surface area contributed by atoms with Gasteiger partial charge in [0, 0.05) is 33.5 Å². The van der Waals surface area contributed by atoms with Crippen molar-refractivity contribution in [2.24, 2.45) is 0 Å². The molecule has 1 unspecified atom stereocenters. The SMILES string of the molecule is Cc1cccc(C(=O)N2CCSC2c2ccc(Cl)cc2Cl)c1. The van der Waals surface area contributed by atoms with Crippen molar-refractivity contribution in [1.29, 1.82) is 0 Å². The highest BCUT2D eigenvalue weighted by atomic mass is 35.5. The van der Waals surface area contributed by atoms with Gasteiger partial charge in [-0.15, -0.1) is 11.8 Å². The maximum atomic E-state index is 12.8. The zero-order valence-corrected chi connectivity index (χ0v) is 14.4. The van der Waals surface area contributed by atoms with Crippen molar-refractivity contribution in [2.45, 2.75) is 12.3 Å². The maximum Gasteiger partial charge on any atom is 0.255 e. The Morgan fingerprint density at radius 1 is 1.23 bits per heavy atom. The van der Waals surface area contributed by atoms with E-state index in [-0.39, 0.29) is 11.3 Å². The van der Waals surface area contributed by atoms with Crippen LogP contribution in [0.25, 0.3) is 0 Å². The van der Waals surface area contributed by atoms with Gasteiger partial charge in [0.1, 0.15) is 5.37 Å². The van der Waals surface area contributed by atoms with Crippen molar-refractivity contribution in [2.75, 3.05) is 12.3 Å². The Labute approximate surface area is 144 Å². The molecule has 2 aromatic carbocycles. The minimum atomic E-state index is -0.0576. The molecular formula is C17H15Cl2NOS. The van der Waals surface area contributed by atoms with E-state index in [1.165, 1.54) is 0 Å². The number of amides is 1. The Hall–Kier alpha value is -1.16. The van der Waals surface area contributed by atoms with Gasteiger partial charge in [-0.2, -0.15) is 0 Å². The van der Waals surface area contributed by atoms with Crippen molar-refractivity contribution in [3.63, 3.8) is 0 Å². The van der Waals surface area contributed by atoms with Gasteiger partial charge in [-0.05, 0) is 31.2 Å². The minimum absolute atomic E-state index is 0.0460. The molecule has 0 saturated carbocycles. The molecule has 0 radical (unpaired) electrons. The second kappa shape index (κ2) is 6.53. The summed E-state index contributed by atoms with van der Waals surface area (Å²) in [5, 5.41) is 1.15. The summed E-state index contributed by atoms with van der Waals surface area (Å²) in [7, 11) is 0. The topological polar surface area (TPSA) is 20.3 Å². The predicted molar refractivity (Wildman–Crippen MR) is 93.9 cm³/mol. The smallest absolute Gasteiger partial charge is 0.255 e. The van der Waals surface area contributed by atoms with Crippen LogP contribution >= 0.6 is 35.0 Å². The zero-order chi connectivity index (χ0) is 15.7. The third-order valence-corrected chi connectivity index (χ3v) is 5.45. The first kappa shape index (κ1) is 15.7. The highest BCUT2D eigenvalue weighted by Crippen LogP contribution is 2.42. The molecular weight excluding hydrogens is 337 g/mol. The van der Waals surface area contributed by atoms with E-state index in [2.05, 4.69) is 0 Å². The number of aryl methyl sites for hydroxylation is 1. The first-order valence-corrected chi connectivity index (χ1v) is 8.81. The van der Waals surface area contributed by atoms with E-state index in [4.69, 9.17) is 23.2 Å². The van der Waals surface area contributed by atoms with Crippen LogP contribution in [-0.2, 0) is 0 Å². The molecule has 2 aromatic rings. The van der Waals surface area contributed by atoms with Crippen molar-refractivity contribution in [1.82, 2.24) is 4.90 Å². The van der Waals surface area contributed by atoms with Crippen LogP contribution in [0.4, 0.5) is 0 Å². The Morgan fingerprint density at radius 3 is 2.77 bits per heavy atom. The van der Waals surface area contributed by atoms with Crippen LogP contribution in [-0.4, -0.2) is 23.1 Å². The molecule has 1 saturated heterocycles. The lowest BCUT2D eigenvalue weighted by molar-refractivity contribution is 0.0760. The van der Waals surface area contributed by atoms with Crippen LogP contribution in [0, 0.1) is 6.92 Å². The first-order chi connectivity index (χ1) is 10.6. The number of benzene rings is 2. The fraction of sp³-hybridized carbons (Fsp3) is 0.235. The van der Waals surface area contributed by atoms with Crippen LogP contribution in [0.2, 0.25) is 10.0 Å². The van der Waals surface area contributed by atoms with Gasteiger partial charge in [-0.1, -0.05) is 47.0 Å². The van der Waals surface area contributed by atoms with Crippen LogP contribution in [0.5, 0.6) is 0 Å². The molecule has 22 heavy (non-hydrogen) atoms. The Kier molecular flexibility index (Phi) is 4.67. The van der Waals surface area contributed by atoms with Crippen LogP contribution in [0.3, 0.4) is 0 Å². The van der Waals surface area contributed by atoms with Crippen molar-refractivity contribution in [3.8, 4) is 0 Å². The van der Waals surface area contributed by atoms with Crippen molar-refractivity contribution in [3.05, 3.63) is 69.2 Å². The Balaban J connectivity index is 1.91. The fourth-order valence-electron chi connectivity index (χ4n) is 2.58. The number of rotatable bonds is 2. The first-order valence-electron chi connectivity index (χ1n) is 7.00. The lowest BCUT2D eigenvalue weighted by atomic mass is 10.1. The number of hydrogen-bond donors (Lipinski definition) is 0. The normalized spacial score (nSPS) is 17.8. The molecule has 2 nitrogen and oxygen atoms in total. The molecule has 1 fully saturated rings.